The summed E-state index contributed by atoms with van der Waals surface area (Å²) in [7, 11) is -3.96. The van der Waals surface area contributed by atoms with Crippen LogP contribution in [0, 0.1) is 0 Å². The number of primary sulfonamides is 1. The van der Waals surface area contributed by atoms with Crippen molar-refractivity contribution < 1.29 is 8.42 Å². The number of sulfonamides is 1. The maximum atomic E-state index is 11.5. The van der Waals surface area contributed by atoms with Gasteiger partial charge in [-0.1, -0.05) is 0 Å². The molecule has 2 rings (SSSR count). The Morgan fingerprint density at radius 2 is 2.14 bits per heavy atom. The molecule has 0 fully saturated rings. The van der Waals surface area contributed by atoms with E-state index in [-0.39, 0.29) is 5.52 Å². The van der Waals surface area contributed by atoms with E-state index in [0.717, 1.165) is 6.20 Å². The molecule has 2 heterocycles. The molecule has 14 heavy (non-hydrogen) atoms. The molecule has 3 N–H and O–H groups in total. The summed E-state index contributed by atoms with van der Waals surface area (Å²) in [5, 5.41) is 7.46. The van der Waals surface area contributed by atoms with Crippen LogP contribution in [-0.2, 0) is 10.0 Å². The van der Waals surface area contributed by atoms with Gasteiger partial charge < -0.3 is 5.10 Å². The number of rotatable bonds is 1. The molecule has 0 spiro atoms. The van der Waals surface area contributed by atoms with E-state index in [1.54, 1.807) is 12.3 Å². The van der Waals surface area contributed by atoms with Gasteiger partial charge in [0.05, 0.1) is 0 Å². The lowest BCUT2D eigenvalue weighted by molar-refractivity contribution is 0.596. The average Bonchev–Trinajstić information content (AvgIpc) is 2.50. The van der Waals surface area contributed by atoms with Crippen LogP contribution in [-0.4, -0.2) is 18.0 Å². The Labute approximate surface area is 79.0 Å². The molecule has 74 valence electrons. The highest BCUT2D eigenvalue weighted by atomic mass is 32.2. The number of fused-ring (bicyclic) bond motifs is 1. The summed E-state index contributed by atoms with van der Waals surface area (Å²) in [5.41, 5.74) is -0.354. The second kappa shape index (κ2) is 2.69. The lowest BCUT2D eigenvalue weighted by Crippen LogP contribution is -2.23. The lowest BCUT2D eigenvalue weighted by atomic mass is 10.4. The Balaban J connectivity index is 2.95. The third-order valence-electron chi connectivity index (χ3n) is 1.85. The lowest BCUT2D eigenvalue weighted by Gasteiger charge is -1.98. The standard InChI is InChI=1S/C7H7N3O3S/c8-14(12,13)6-4-9-10-3-1-2-5(10)7(6)11/h1-4,9H,(H2,8,12,13). The van der Waals surface area contributed by atoms with Gasteiger partial charge in [-0.15, -0.1) is 0 Å². The van der Waals surface area contributed by atoms with Crippen molar-refractivity contribution in [3.63, 3.8) is 0 Å². The van der Waals surface area contributed by atoms with E-state index < -0.39 is 20.3 Å². The second-order valence-electron chi connectivity index (χ2n) is 2.78. The monoisotopic (exact) mass is 213 g/mol. The molecular weight excluding hydrogens is 206 g/mol. The summed E-state index contributed by atoms with van der Waals surface area (Å²) in [6.45, 7) is 0. The first-order valence-electron chi connectivity index (χ1n) is 3.72. The van der Waals surface area contributed by atoms with Crippen LogP contribution in [0.15, 0.2) is 34.2 Å². The SMILES string of the molecule is NS(=O)(=O)c1c[nH]n2cccc2c1=O. The van der Waals surface area contributed by atoms with Gasteiger partial charge in [0.15, 0.2) is 0 Å². The zero-order chi connectivity index (χ0) is 10.3. The molecule has 7 heteroatoms. The Kier molecular flexibility index (Phi) is 1.73. The molecule has 0 aliphatic heterocycles. The van der Waals surface area contributed by atoms with Crippen molar-refractivity contribution in [3.8, 4) is 0 Å². The number of hydrogen-bond acceptors (Lipinski definition) is 3. The Morgan fingerprint density at radius 3 is 2.79 bits per heavy atom. The summed E-state index contributed by atoms with van der Waals surface area (Å²) in [5.74, 6) is 0. The largest absolute Gasteiger partial charge is 0.300 e. The van der Waals surface area contributed by atoms with Crippen molar-refractivity contribution in [2.24, 2.45) is 5.14 Å². The van der Waals surface area contributed by atoms with Gasteiger partial charge in [0.1, 0.15) is 10.4 Å². The van der Waals surface area contributed by atoms with E-state index in [1.165, 1.54) is 10.6 Å². The minimum absolute atomic E-state index is 0.247. The fourth-order valence-corrected chi connectivity index (χ4v) is 1.79. The summed E-state index contributed by atoms with van der Waals surface area (Å²) < 4.78 is 23.3. The second-order valence-corrected chi connectivity index (χ2v) is 4.31. The van der Waals surface area contributed by atoms with E-state index in [4.69, 9.17) is 5.14 Å². The van der Waals surface area contributed by atoms with Crippen LogP contribution in [0.2, 0.25) is 0 Å². The fraction of sp³-hybridized carbons (Fsp3) is 0. The van der Waals surface area contributed by atoms with E-state index in [2.05, 4.69) is 5.10 Å². The van der Waals surface area contributed by atoms with Crippen molar-refractivity contribution in [1.82, 2.24) is 9.61 Å². The first-order valence-corrected chi connectivity index (χ1v) is 5.26. The molecule has 0 unspecified atom stereocenters. The molecule has 0 atom stereocenters. The van der Waals surface area contributed by atoms with Gasteiger partial charge in [-0.3, -0.25) is 9.31 Å². The molecule has 0 saturated heterocycles. The van der Waals surface area contributed by atoms with E-state index in [1.807, 2.05) is 0 Å². The Morgan fingerprint density at radius 1 is 1.43 bits per heavy atom. The number of aromatic nitrogens is 2. The Bertz CT molecular complexity index is 637. The molecule has 0 amide bonds. The summed E-state index contributed by atoms with van der Waals surface area (Å²) in [4.78, 5) is 11.1. The molecular formula is C7H7N3O3S. The molecule has 0 bridgehead atoms. The maximum absolute atomic E-state index is 11.5. The predicted molar refractivity (Wildman–Crippen MR) is 49.4 cm³/mol. The number of nitrogens with two attached hydrogens (primary N) is 1. The Hall–Kier alpha value is -1.60. The van der Waals surface area contributed by atoms with Gasteiger partial charge in [-0.05, 0) is 12.1 Å². The third-order valence-corrected chi connectivity index (χ3v) is 2.76. The topological polar surface area (TPSA) is 97.4 Å². The van der Waals surface area contributed by atoms with Crippen LogP contribution in [0.5, 0.6) is 0 Å². The molecule has 6 nitrogen and oxygen atoms in total. The summed E-state index contributed by atoms with van der Waals surface area (Å²) in [6.07, 6.45) is 2.67. The molecule has 0 radical (unpaired) electrons. The van der Waals surface area contributed by atoms with Crippen LogP contribution in [0.4, 0.5) is 0 Å². The smallest absolute Gasteiger partial charge is 0.243 e. The van der Waals surface area contributed by atoms with E-state index >= 15 is 0 Å². The van der Waals surface area contributed by atoms with Crippen LogP contribution in [0.3, 0.4) is 0 Å². The summed E-state index contributed by atoms with van der Waals surface area (Å²) >= 11 is 0. The minimum atomic E-state index is -3.96. The number of nitrogens with one attached hydrogen (secondary N) is 1. The van der Waals surface area contributed by atoms with Gasteiger partial charge in [0.25, 0.3) is 0 Å². The highest BCUT2D eigenvalue weighted by molar-refractivity contribution is 7.89. The molecule has 2 aromatic rings. The zero-order valence-corrected chi connectivity index (χ0v) is 7.78. The summed E-state index contributed by atoms with van der Waals surface area (Å²) in [6, 6.07) is 3.13. The van der Waals surface area contributed by atoms with Gasteiger partial charge in [0, 0.05) is 12.4 Å². The van der Waals surface area contributed by atoms with Crippen LogP contribution >= 0.6 is 0 Å². The van der Waals surface area contributed by atoms with Crippen molar-refractivity contribution >= 4 is 15.5 Å². The number of hydrogen-bond donors (Lipinski definition) is 2. The van der Waals surface area contributed by atoms with Crippen LogP contribution < -0.4 is 10.6 Å². The quantitative estimate of drug-likeness (QED) is 0.653. The third kappa shape index (κ3) is 1.22. The predicted octanol–water partition coefficient (Wildman–Crippen LogP) is -0.725. The highest BCUT2D eigenvalue weighted by Crippen LogP contribution is 2.01. The van der Waals surface area contributed by atoms with Crippen molar-refractivity contribution in [1.29, 1.82) is 0 Å². The maximum Gasteiger partial charge on any atom is 0.243 e. The molecule has 0 aliphatic rings. The average molecular weight is 213 g/mol. The highest BCUT2D eigenvalue weighted by Gasteiger charge is 2.14. The van der Waals surface area contributed by atoms with Crippen LogP contribution in [0.25, 0.3) is 5.52 Å². The normalized spacial score (nSPS) is 12.1. The number of nitrogens with zero attached hydrogens (tertiary/aromatic N) is 1. The van der Waals surface area contributed by atoms with E-state index in [9.17, 15) is 13.2 Å². The fourth-order valence-electron chi connectivity index (χ4n) is 1.21. The van der Waals surface area contributed by atoms with Crippen molar-refractivity contribution in [2.75, 3.05) is 0 Å². The molecule has 0 aliphatic carbocycles. The van der Waals surface area contributed by atoms with Gasteiger partial charge in [0.2, 0.25) is 15.5 Å². The first kappa shape index (κ1) is 8.97. The zero-order valence-electron chi connectivity index (χ0n) is 6.97. The van der Waals surface area contributed by atoms with Gasteiger partial charge in [-0.2, -0.15) is 0 Å². The van der Waals surface area contributed by atoms with E-state index in [0.29, 0.717) is 0 Å². The van der Waals surface area contributed by atoms with Crippen molar-refractivity contribution in [2.45, 2.75) is 4.90 Å². The first-order chi connectivity index (χ1) is 6.50. The van der Waals surface area contributed by atoms with Gasteiger partial charge in [-0.25, -0.2) is 13.6 Å². The minimum Gasteiger partial charge on any atom is -0.300 e. The van der Waals surface area contributed by atoms with Crippen molar-refractivity contribution in [3.05, 3.63) is 34.7 Å². The molecule has 2 aromatic heterocycles. The number of H-pyrrole nitrogens is 1. The number of aromatic amines is 1. The molecule has 0 saturated carbocycles. The van der Waals surface area contributed by atoms with Crippen LogP contribution in [0.1, 0.15) is 0 Å². The van der Waals surface area contributed by atoms with Gasteiger partial charge >= 0.3 is 0 Å². The molecule has 0 aromatic carbocycles.